The first-order valence-corrected chi connectivity index (χ1v) is 8.22. The number of benzene rings is 3. The molecule has 0 spiro atoms. The van der Waals surface area contributed by atoms with Gasteiger partial charge in [0.2, 0.25) is 0 Å². The lowest BCUT2D eigenvalue weighted by Crippen LogP contribution is -1.83. The van der Waals surface area contributed by atoms with Gasteiger partial charge in [-0.25, -0.2) is 4.98 Å². The maximum Gasteiger partial charge on any atom is 0.173 e. The molecule has 2 nitrogen and oxygen atoms in total. The second-order valence-corrected chi connectivity index (χ2v) is 5.99. The van der Waals surface area contributed by atoms with E-state index in [1.54, 1.807) is 0 Å². The molecule has 0 radical (unpaired) electrons. The van der Waals surface area contributed by atoms with Crippen molar-refractivity contribution >= 4 is 11.5 Å². The van der Waals surface area contributed by atoms with E-state index in [0.29, 0.717) is 0 Å². The standard InChI is InChI=1S/C20H14N2S/c1-3-8-15(9-4-1)17-12-7-13-18(14-17)19-21-20(23-22-19)16-10-5-2-6-11-16/h1-14H. The summed E-state index contributed by atoms with van der Waals surface area (Å²) in [4.78, 5) is 4.69. The molecule has 0 fully saturated rings. The fourth-order valence-corrected chi connectivity index (χ4v) is 3.20. The summed E-state index contributed by atoms with van der Waals surface area (Å²) in [5, 5.41) is 0.950. The van der Waals surface area contributed by atoms with Crippen molar-refractivity contribution in [3.8, 4) is 33.1 Å². The first kappa shape index (κ1) is 13.9. The van der Waals surface area contributed by atoms with E-state index >= 15 is 0 Å². The highest BCUT2D eigenvalue weighted by atomic mass is 32.1. The minimum absolute atomic E-state index is 0.784. The third-order valence-electron chi connectivity index (χ3n) is 3.67. The molecule has 0 N–H and O–H groups in total. The molecule has 0 aliphatic rings. The van der Waals surface area contributed by atoms with Crippen LogP contribution in [-0.2, 0) is 0 Å². The van der Waals surface area contributed by atoms with Gasteiger partial charge in [0.15, 0.2) is 5.82 Å². The van der Waals surface area contributed by atoms with Crippen LogP contribution in [0.15, 0.2) is 84.9 Å². The van der Waals surface area contributed by atoms with Gasteiger partial charge in [-0.1, -0.05) is 78.9 Å². The van der Waals surface area contributed by atoms with Crippen molar-refractivity contribution in [2.75, 3.05) is 0 Å². The number of hydrogen-bond donors (Lipinski definition) is 0. The van der Waals surface area contributed by atoms with Crippen LogP contribution in [0.1, 0.15) is 0 Å². The minimum atomic E-state index is 0.784. The molecule has 110 valence electrons. The molecule has 0 unspecified atom stereocenters. The van der Waals surface area contributed by atoms with Crippen molar-refractivity contribution in [3.05, 3.63) is 84.9 Å². The largest absolute Gasteiger partial charge is 0.215 e. The molecule has 0 bridgehead atoms. The first-order chi connectivity index (χ1) is 11.4. The van der Waals surface area contributed by atoms with E-state index in [-0.39, 0.29) is 0 Å². The molecule has 0 saturated heterocycles. The predicted octanol–water partition coefficient (Wildman–Crippen LogP) is 5.54. The molecule has 0 atom stereocenters. The van der Waals surface area contributed by atoms with Gasteiger partial charge < -0.3 is 0 Å². The molecule has 4 aromatic rings. The van der Waals surface area contributed by atoms with Gasteiger partial charge in [-0.05, 0) is 28.7 Å². The highest BCUT2D eigenvalue weighted by molar-refractivity contribution is 7.09. The van der Waals surface area contributed by atoms with E-state index in [2.05, 4.69) is 65.0 Å². The molecule has 0 amide bonds. The van der Waals surface area contributed by atoms with Crippen LogP contribution in [0, 0.1) is 0 Å². The Balaban J connectivity index is 1.71. The fourth-order valence-electron chi connectivity index (χ4n) is 2.51. The van der Waals surface area contributed by atoms with Gasteiger partial charge in [-0.2, -0.15) is 4.37 Å². The third-order valence-corrected chi connectivity index (χ3v) is 4.44. The fraction of sp³-hybridized carbons (Fsp3) is 0. The van der Waals surface area contributed by atoms with Gasteiger partial charge in [-0.3, -0.25) is 0 Å². The Morgan fingerprint density at radius 3 is 1.91 bits per heavy atom. The van der Waals surface area contributed by atoms with Gasteiger partial charge in [0, 0.05) is 11.1 Å². The van der Waals surface area contributed by atoms with E-state index in [1.165, 1.54) is 22.7 Å². The molecule has 0 aliphatic heterocycles. The van der Waals surface area contributed by atoms with Crippen LogP contribution >= 0.6 is 11.5 Å². The Labute approximate surface area is 139 Å². The second-order valence-electron chi connectivity index (χ2n) is 5.24. The zero-order valence-electron chi connectivity index (χ0n) is 12.4. The van der Waals surface area contributed by atoms with Crippen LogP contribution in [0.4, 0.5) is 0 Å². The Bertz CT molecular complexity index is 915. The van der Waals surface area contributed by atoms with E-state index in [1.807, 2.05) is 24.3 Å². The van der Waals surface area contributed by atoms with E-state index in [4.69, 9.17) is 4.98 Å². The molecular weight excluding hydrogens is 300 g/mol. The second kappa shape index (κ2) is 6.15. The average Bonchev–Trinajstić information content (AvgIpc) is 3.14. The van der Waals surface area contributed by atoms with Crippen molar-refractivity contribution in [2.45, 2.75) is 0 Å². The summed E-state index contributed by atoms with van der Waals surface area (Å²) < 4.78 is 4.53. The highest BCUT2D eigenvalue weighted by Gasteiger charge is 2.09. The van der Waals surface area contributed by atoms with Crippen LogP contribution < -0.4 is 0 Å². The summed E-state index contributed by atoms with van der Waals surface area (Å²) in [6.45, 7) is 0. The van der Waals surface area contributed by atoms with E-state index < -0.39 is 0 Å². The predicted molar refractivity (Wildman–Crippen MR) is 96.2 cm³/mol. The lowest BCUT2D eigenvalue weighted by molar-refractivity contribution is 1.32. The van der Waals surface area contributed by atoms with Gasteiger partial charge in [0.1, 0.15) is 5.01 Å². The Morgan fingerprint density at radius 1 is 0.565 bits per heavy atom. The third kappa shape index (κ3) is 2.91. The normalized spacial score (nSPS) is 10.6. The summed E-state index contributed by atoms with van der Waals surface area (Å²) in [5.74, 6) is 0.784. The molecule has 3 heteroatoms. The van der Waals surface area contributed by atoms with Crippen molar-refractivity contribution in [1.29, 1.82) is 0 Å². The van der Waals surface area contributed by atoms with Gasteiger partial charge >= 0.3 is 0 Å². The van der Waals surface area contributed by atoms with Crippen LogP contribution in [-0.4, -0.2) is 9.36 Å². The van der Waals surface area contributed by atoms with Gasteiger partial charge in [0.25, 0.3) is 0 Å². The molecule has 1 aromatic heterocycles. The summed E-state index contributed by atoms with van der Waals surface area (Å²) >= 11 is 1.44. The smallest absolute Gasteiger partial charge is 0.173 e. The monoisotopic (exact) mass is 314 g/mol. The summed E-state index contributed by atoms with van der Waals surface area (Å²) in [6, 6.07) is 28.9. The summed E-state index contributed by atoms with van der Waals surface area (Å²) in [6.07, 6.45) is 0. The lowest BCUT2D eigenvalue weighted by Gasteiger charge is -2.03. The minimum Gasteiger partial charge on any atom is -0.215 e. The van der Waals surface area contributed by atoms with Crippen molar-refractivity contribution in [3.63, 3.8) is 0 Å². The first-order valence-electron chi connectivity index (χ1n) is 7.45. The zero-order chi connectivity index (χ0) is 15.5. The Hall–Kier alpha value is -2.78. The van der Waals surface area contributed by atoms with Crippen LogP contribution in [0.2, 0.25) is 0 Å². The SMILES string of the molecule is c1ccc(-c2cccc(-c3nsc(-c4ccccc4)n3)c2)cc1. The summed E-state index contributed by atoms with van der Waals surface area (Å²) in [5.41, 5.74) is 4.53. The lowest BCUT2D eigenvalue weighted by atomic mass is 10.0. The molecule has 4 rings (SSSR count). The topological polar surface area (TPSA) is 25.8 Å². The molecule has 3 aromatic carbocycles. The molecule has 0 saturated carbocycles. The van der Waals surface area contributed by atoms with Crippen LogP contribution in [0.3, 0.4) is 0 Å². The van der Waals surface area contributed by atoms with Gasteiger partial charge in [0.05, 0.1) is 0 Å². The molecule has 1 heterocycles. The van der Waals surface area contributed by atoms with E-state index in [0.717, 1.165) is 22.0 Å². The number of aromatic nitrogens is 2. The summed E-state index contributed by atoms with van der Waals surface area (Å²) in [7, 11) is 0. The van der Waals surface area contributed by atoms with Crippen LogP contribution in [0.25, 0.3) is 33.1 Å². The van der Waals surface area contributed by atoms with Crippen molar-refractivity contribution in [2.24, 2.45) is 0 Å². The number of nitrogens with zero attached hydrogens (tertiary/aromatic N) is 2. The zero-order valence-corrected chi connectivity index (χ0v) is 13.2. The Kier molecular flexibility index (Phi) is 3.70. The quantitative estimate of drug-likeness (QED) is 0.496. The maximum atomic E-state index is 4.69. The van der Waals surface area contributed by atoms with Crippen molar-refractivity contribution in [1.82, 2.24) is 9.36 Å². The van der Waals surface area contributed by atoms with Crippen molar-refractivity contribution < 1.29 is 0 Å². The molecule has 0 aliphatic carbocycles. The molecular formula is C20H14N2S. The Morgan fingerprint density at radius 2 is 1.17 bits per heavy atom. The highest BCUT2D eigenvalue weighted by Crippen LogP contribution is 2.28. The van der Waals surface area contributed by atoms with Crippen LogP contribution in [0.5, 0.6) is 0 Å². The number of rotatable bonds is 3. The van der Waals surface area contributed by atoms with Gasteiger partial charge in [-0.15, -0.1) is 0 Å². The van der Waals surface area contributed by atoms with E-state index in [9.17, 15) is 0 Å². The molecule has 23 heavy (non-hydrogen) atoms. The average molecular weight is 314 g/mol. The maximum absolute atomic E-state index is 4.69. The number of hydrogen-bond acceptors (Lipinski definition) is 3.